The third-order valence-corrected chi connectivity index (χ3v) is 4.68. The lowest BCUT2D eigenvalue weighted by Crippen LogP contribution is -2.03. The fraction of sp³-hybridized carbons (Fsp3) is 0.250. The van der Waals surface area contributed by atoms with Crippen molar-refractivity contribution in [3.05, 3.63) is 59.2 Å². The molecule has 0 fully saturated rings. The highest BCUT2D eigenvalue weighted by Gasteiger charge is 2.19. The summed E-state index contributed by atoms with van der Waals surface area (Å²) < 4.78 is 40.9. The average molecular weight is 294 g/mol. The minimum absolute atomic E-state index is 0.0384. The molecule has 0 unspecified atom stereocenters. The van der Waals surface area contributed by atoms with Crippen molar-refractivity contribution in [3.8, 4) is 0 Å². The Labute approximate surface area is 120 Å². The maximum absolute atomic E-state index is 14.2. The zero-order chi connectivity index (χ0) is 14.7. The Bertz CT molecular complexity index is 597. The van der Waals surface area contributed by atoms with Crippen molar-refractivity contribution in [2.75, 3.05) is 0 Å². The molecule has 0 N–H and O–H groups in total. The van der Waals surface area contributed by atoms with Crippen LogP contribution in [0, 0.1) is 11.6 Å². The van der Waals surface area contributed by atoms with Crippen molar-refractivity contribution in [3.63, 3.8) is 0 Å². The van der Waals surface area contributed by atoms with E-state index in [1.54, 1.807) is 24.3 Å². The van der Waals surface area contributed by atoms with E-state index in [0.717, 1.165) is 0 Å². The summed E-state index contributed by atoms with van der Waals surface area (Å²) in [5.74, 6) is -1.01. The van der Waals surface area contributed by atoms with Gasteiger partial charge in [0.25, 0.3) is 0 Å². The molecule has 0 aliphatic heterocycles. The number of benzene rings is 2. The Morgan fingerprint density at radius 3 is 1.60 bits per heavy atom. The van der Waals surface area contributed by atoms with Crippen molar-refractivity contribution >= 4 is 10.8 Å². The predicted molar refractivity (Wildman–Crippen MR) is 76.2 cm³/mol. The molecule has 0 radical (unpaired) electrons. The summed E-state index contributed by atoms with van der Waals surface area (Å²) in [6.45, 7) is 3.65. The lowest BCUT2D eigenvalue weighted by molar-refractivity contribution is 0.570. The SMILES string of the molecule is CCc1cccc(S(=O)c2cccc(CC)c2F)c1F. The Morgan fingerprint density at radius 1 is 0.850 bits per heavy atom. The van der Waals surface area contributed by atoms with Crippen LogP contribution >= 0.6 is 0 Å². The lowest BCUT2D eigenvalue weighted by Gasteiger charge is -2.09. The van der Waals surface area contributed by atoms with Crippen LogP contribution in [-0.2, 0) is 23.6 Å². The number of hydrogen-bond acceptors (Lipinski definition) is 1. The van der Waals surface area contributed by atoms with Crippen LogP contribution in [0.5, 0.6) is 0 Å². The third-order valence-electron chi connectivity index (χ3n) is 3.25. The molecule has 1 nitrogen and oxygen atoms in total. The van der Waals surface area contributed by atoms with Crippen LogP contribution in [0.2, 0.25) is 0 Å². The maximum Gasteiger partial charge on any atom is 0.142 e. The fourth-order valence-corrected chi connectivity index (χ4v) is 3.29. The van der Waals surface area contributed by atoms with Gasteiger partial charge in [0.2, 0.25) is 0 Å². The van der Waals surface area contributed by atoms with Crippen LogP contribution in [0.4, 0.5) is 8.78 Å². The molecule has 2 rings (SSSR count). The molecular weight excluding hydrogens is 278 g/mol. The highest BCUT2D eigenvalue weighted by atomic mass is 32.2. The van der Waals surface area contributed by atoms with Crippen molar-refractivity contribution in [2.24, 2.45) is 0 Å². The summed E-state index contributed by atoms with van der Waals surface area (Å²) in [7, 11) is -1.84. The topological polar surface area (TPSA) is 17.1 Å². The molecule has 0 amide bonds. The van der Waals surface area contributed by atoms with Gasteiger partial charge in [0.1, 0.15) is 11.6 Å². The van der Waals surface area contributed by atoms with E-state index in [9.17, 15) is 13.0 Å². The first-order valence-corrected chi connectivity index (χ1v) is 7.71. The van der Waals surface area contributed by atoms with E-state index in [2.05, 4.69) is 0 Å². The molecule has 0 aliphatic carbocycles. The quantitative estimate of drug-likeness (QED) is 0.823. The van der Waals surface area contributed by atoms with E-state index in [1.807, 2.05) is 13.8 Å². The van der Waals surface area contributed by atoms with Gasteiger partial charge in [-0.3, -0.25) is 0 Å². The van der Waals surface area contributed by atoms with Crippen molar-refractivity contribution in [1.29, 1.82) is 0 Å². The molecule has 0 heterocycles. The molecule has 0 bridgehead atoms. The molecule has 2 aromatic carbocycles. The molecule has 0 saturated carbocycles. The van der Waals surface area contributed by atoms with Gasteiger partial charge in [0.05, 0.1) is 20.6 Å². The standard InChI is InChI=1S/C16H16F2OS/c1-3-11-7-5-9-13(15(11)17)20(19)14-10-6-8-12(4-2)16(14)18/h5-10H,3-4H2,1-2H3. The van der Waals surface area contributed by atoms with Gasteiger partial charge in [-0.15, -0.1) is 0 Å². The molecule has 0 aliphatic rings. The van der Waals surface area contributed by atoms with Crippen LogP contribution in [0.1, 0.15) is 25.0 Å². The molecule has 106 valence electrons. The smallest absolute Gasteiger partial charge is 0.142 e. The largest absolute Gasteiger partial charge is 0.249 e. The Balaban J connectivity index is 2.52. The molecule has 4 heteroatoms. The van der Waals surface area contributed by atoms with Gasteiger partial charge in [-0.1, -0.05) is 38.1 Å². The second-order valence-corrected chi connectivity index (χ2v) is 5.85. The molecule has 20 heavy (non-hydrogen) atoms. The normalized spacial score (nSPS) is 11.1. The molecule has 0 atom stereocenters. The monoisotopic (exact) mass is 294 g/mol. The van der Waals surface area contributed by atoms with Crippen molar-refractivity contribution < 1.29 is 13.0 Å². The van der Waals surface area contributed by atoms with E-state index in [1.165, 1.54) is 12.1 Å². The van der Waals surface area contributed by atoms with E-state index < -0.39 is 22.4 Å². The predicted octanol–water partition coefficient (Wildman–Crippen LogP) is 4.26. The maximum atomic E-state index is 14.2. The van der Waals surface area contributed by atoms with Crippen LogP contribution < -0.4 is 0 Å². The van der Waals surface area contributed by atoms with Gasteiger partial charge in [-0.25, -0.2) is 13.0 Å². The van der Waals surface area contributed by atoms with Crippen molar-refractivity contribution in [2.45, 2.75) is 36.5 Å². The number of aryl methyl sites for hydroxylation is 2. The van der Waals surface area contributed by atoms with Gasteiger partial charge in [0.15, 0.2) is 0 Å². The van der Waals surface area contributed by atoms with Gasteiger partial charge < -0.3 is 0 Å². The van der Waals surface area contributed by atoms with Gasteiger partial charge in [0, 0.05) is 0 Å². The summed E-state index contributed by atoms with van der Waals surface area (Å²) in [4.78, 5) is 0.0769. The molecule has 0 saturated heterocycles. The highest BCUT2D eigenvalue weighted by Crippen LogP contribution is 2.25. The van der Waals surface area contributed by atoms with Crippen LogP contribution in [0.3, 0.4) is 0 Å². The summed E-state index contributed by atoms with van der Waals surface area (Å²) in [6, 6.07) is 9.49. The minimum atomic E-state index is -1.84. The first-order valence-electron chi connectivity index (χ1n) is 6.56. The Kier molecular flexibility index (Phi) is 4.65. The lowest BCUT2D eigenvalue weighted by atomic mass is 10.1. The first-order chi connectivity index (χ1) is 9.60. The van der Waals surface area contributed by atoms with Gasteiger partial charge in [-0.05, 0) is 36.1 Å². The third kappa shape index (κ3) is 2.66. The number of hydrogen-bond donors (Lipinski definition) is 0. The van der Waals surface area contributed by atoms with E-state index >= 15 is 0 Å². The Hall–Kier alpha value is -1.55. The number of rotatable bonds is 4. The molecule has 0 aromatic heterocycles. The van der Waals surface area contributed by atoms with E-state index in [4.69, 9.17) is 0 Å². The van der Waals surface area contributed by atoms with Crippen LogP contribution in [0.15, 0.2) is 46.2 Å². The van der Waals surface area contributed by atoms with Gasteiger partial charge in [-0.2, -0.15) is 0 Å². The van der Waals surface area contributed by atoms with Gasteiger partial charge >= 0.3 is 0 Å². The second-order valence-electron chi connectivity index (χ2n) is 4.43. The first kappa shape index (κ1) is 14.9. The summed E-state index contributed by atoms with van der Waals surface area (Å²) in [6.07, 6.45) is 1.02. The van der Waals surface area contributed by atoms with E-state index in [-0.39, 0.29) is 9.79 Å². The zero-order valence-electron chi connectivity index (χ0n) is 11.5. The second kappa shape index (κ2) is 6.27. The summed E-state index contributed by atoms with van der Waals surface area (Å²) in [5.41, 5.74) is 0.978. The summed E-state index contributed by atoms with van der Waals surface area (Å²) in [5, 5.41) is 0. The fourth-order valence-electron chi connectivity index (χ4n) is 2.06. The Morgan fingerprint density at radius 2 is 1.25 bits per heavy atom. The van der Waals surface area contributed by atoms with Crippen LogP contribution in [0.25, 0.3) is 0 Å². The van der Waals surface area contributed by atoms with Crippen LogP contribution in [-0.4, -0.2) is 4.21 Å². The minimum Gasteiger partial charge on any atom is -0.249 e. The highest BCUT2D eigenvalue weighted by molar-refractivity contribution is 7.85. The molecule has 2 aromatic rings. The number of halogens is 2. The van der Waals surface area contributed by atoms with E-state index in [0.29, 0.717) is 24.0 Å². The summed E-state index contributed by atoms with van der Waals surface area (Å²) >= 11 is 0. The average Bonchev–Trinajstić information content (AvgIpc) is 2.47. The molecule has 0 spiro atoms. The molecular formula is C16H16F2OS. The van der Waals surface area contributed by atoms with Crippen molar-refractivity contribution in [1.82, 2.24) is 0 Å². The zero-order valence-corrected chi connectivity index (χ0v) is 12.3.